The molecule has 3 heterocycles. The van der Waals surface area contributed by atoms with Crippen molar-refractivity contribution < 1.29 is 76.9 Å². The number of methoxy groups -OCH3 is 5. The molecule has 6 aromatic rings. The van der Waals surface area contributed by atoms with Gasteiger partial charge in [0.2, 0.25) is 6.10 Å². The molecule has 3 aliphatic rings. The molecule has 21 nitrogen and oxygen atoms in total. The van der Waals surface area contributed by atoms with Crippen molar-refractivity contribution in [2.45, 2.75) is 37.9 Å². The molecule has 432 valence electrons. The van der Waals surface area contributed by atoms with Gasteiger partial charge in [-0.1, -0.05) is 36.4 Å². The number of anilines is 3. The molecule has 0 radical (unpaired) electrons. The highest BCUT2D eigenvalue weighted by Crippen LogP contribution is 2.39. The topological polar surface area (TPSA) is 233 Å². The number of hydrogen-bond acceptors (Lipinski definition) is 18. The number of aliphatic carboxylic acids is 1. The monoisotopic (exact) mass is 1130 g/mol. The van der Waals surface area contributed by atoms with Crippen LogP contribution in [0.15, 0.2) is 127 Å². The molecule has 0 aliphatic carbocycles. The van der Waals surface area contributed by atoms with Crippen molar-refractivity contribution in [3.63, 3.8) is 0 Å². The first-order valence-corrected chi connectivity index (χ1v) is 25.9. The van der Waals surface area contributed by atoms with Crippen LogP contribution in [0.5, 0.6) is 34.5 Å². The number of amides is 2. The molecule has 3 aliphatic heterocycles. The summed E-state index contributed by atoms with van der Waals surface area (Å²) in [6.07, 6.45) is -2.24. The Kier molecular flexibility index (Phi) is 20.2. The van der Waals surface area contributed by atoms with Gasteiger partial charge in [-0.05, 0) is 108 Å². The Morgan fingerprint density at radius 1 is 0.463 bits per heavy atom. The van der Waals surface area contributed by atoms with Crippen molar-refractivity contribution >= 4 is 52.6 Å². The van der Waals surface area contributed by atoms with Crippen LogP contribution in [0.4, 0.5) is 17.1 Å². The number of esters is 2. The summed E-state index contributed by atoms with van der Waals surface area (Å²) in [7, 11) is 14.3. The molecule has 0 aromatic heterocycles. The van der Waals surface area contributed by atoms with Gasteiger partial charge in [-0.3, -0.25) is 14.4 Å². The molecule has 0 bridgehead atoms. The van der Waals surface area contributed by atoms with Crippen LogP contribution >= 0.6 is 0 Å². The molecule has 2 amide bonds. The van der Waals surface area contributed by atoms with E-state index >= 15 is 0 Å². The van der Waals surface area contributed by atoms with Crippen molar-refractivity contribution in [2.75, 3.05) is 105 Å². The number of Topliss-reactive ketones (excluding diaryl/α,β-unsaturated/α-hetero) is 1. The summed E-state index contributed by atoms with van der Waals surface area (Å²) < 4.78 is 42.5. The van der Waals surface area contributed by atoms with E-state index in [9.17, 15) is 33.9 Å². The fourth-order valence-corrected chi connectivity index (χ4v) is 9.08. The van der Waals surface area contributed by atoms with Gasteiger partial charge < -0.3 is 72.6 Å². The lowest BCUT2D eigenvalue weighted by atomic mass is 10.1. The van der Waals surface area contributed by atoms with Crippen molar-refractivity contribution in [3.05, 3.63) is 161 Å². The normalized spacial score (nSPS) is 15.4. The summed E-state index contributed by atoms with van der Waals surface area (Å²) in [6.45, 7) is 1.90. The van der Waals surface area contributed by atoms with Crippen LogP contribution in [0.3, 0.4) is 0 Å². The van der Waals surface area contributed by atoms with Gasteiger partial charge in [0.15, 0.2) is 18.0 Å². The fourth-order valence-electron chi connectivity index (χ4n) is 9.08. The lowest BCUT2D eigenvalue weighted by Crippen LogP contribution is -2.48. The zero-order valence-corrected chi connectivity index (χ0v) is 47.2. The van der Waals surface area contributed by atoms with Crippen LogP contribution in [-0.2, 0) is 43.5 Å². The van der Waals surface area contributed by atoms with E-state index in [-0.39, 0.29) is 24.1 Å². The van der Waals surface area contributed by atoms with Crippen molar-refractivity contribution in [1.82, 2.24) is 9.80 Å². The number of benzene rings is 6. The van der Waals surface area contributed by atoms with Gasteiger partial charge >= 0.3 is 17.9 Å². The average Bonchev–Trinajstić information content (AvgIpc) is 3.59. The third-order valence-corrected chi connectivity index (χ3v) is 13.5. The number of carboxylic acid groups (broad SMARTS) is 1. The molecule has 0 saturated heterocycles. The summed E-state index contributed by atoms with van der Waals surface area (Å²) in [5.74, 6) is 1.30. The number of ketones is 1. The van der Waals surface area contributed by atoms with E-state index < -0.39 is 42.8 Å². The summed E-state index contributed by atoms with van der Waals surface area (Å²) in [4.78, 5) is 81.0. The molecule has 3 atom stereocenters. The molecule has 6 aromatic carbocycles. The van der Waals surface area contributed by atoms with E-state index in [0.717, 1.165) is 45.3 Å². The zero-order valence-electron chi connectivity index (χ0n) is 47.2. The first kappa shape index (κ1) is 60.1. The minimum absolute atomic E-state index is 0.109. The molecule has 2 N–H and O–H groups in total. The highest BCUT2D eigenvalue weighted by Gasteiger charge is 2.35. The van der Waals surface area contributed by atoms with Crippen LogP contribution in [0.25, 0.3) is 0 Å². The number of fused-ring (bicyclic) bond motifs is 3. The number of rotatable bonds is 16. The second-order valence-corrected chi connectivity index (χ2v) is 19.4. The quantitative estimate of drug-likeness (QED) is 0.0789. The van der Waals surface area contributed by atoms with E-state index in [2.05, 4.69) is 0 Å². The van der Waals surface area contributed by atoms with Crippen molar-refractivity contribution in [1.29, 1.82) is 0 Å². The first-order valence-electron chi connectivity index (χ1n) is 25.9. The molecule has 0 spiro atoms. The first-order chi connectivity index (χ1) is 39.4. The number of carbonyl (C=O) groups excluding carboxylic acids is 5. The van der Waals surface area contributed by atoms with Gasteiger partial charge in [0.05, 0.1) is 83.4 Å². The van der Waals surface area contributed by atoms with Gasteiger partial charge in [0, 0.05) is 53.4 Å². The smallest absolute Gasteiger partial charge is 0.346 e. The van der Waals surface area contributed by atoms with Crippen molar-refractivity contribution in [3.8, 4) is 34.5 Å². The Morgan fingerprint density at radius 2 is 0.768 bits per heavy atom. The van der Waals surface area contributed by atoms with E-state index in [1.165, 1.54) is 24.0 Å². The van der Waals surface area contributed by atoms with Crippen LogP contribution < -0.4 is 43.1 Å². The highest BCUT2D eigenvalue weighted by molar-refractivity contribution is 5.98. The third kappa shape index (κ3) is 14.8. The number of aliphatic hydroxyl groups excluding tert-OH is 1. The van der Waals surface area contributed by atoms with Gasteiger partial charge in [0.1, 0.15) is 41.1 Å². The lowest BCUT2D eigenvalue weighted by molar-refractivity contribution is -0.145. The fraction of sp³-hybridized carbons (Fsp3) is 0.311. The Bertz CT molecular complexity index is 3080. The van der Waals surface area contributed by atoms with Crippen LogP contribution in [0.2, 0.25) is 0 Å². The van der Waals surface area contributed by atoms with Crippen molar-refractivity contribution in [2.24, 2.45) is 0 Å². The number of aliphatic hydroxyl groups is 1. The number of carbonyl (C=O) groups is 6. The summed E-state index contributed by atoms with van der Waals surface area (Å²) in [5, 5.41) is 18.5. The van der Waals surface area contributed by atoms with Crippen LogP contribution in [0.1, 0.15) is 47.8 Å². The van der Waals surface area contributed by atoms with E-state index in [4.69, 9.17) is 43.0 Å². The maximum atomic E-state index is 12.5. The minimum Gasteiger partial charge on any atom is -0.497 e. The number of hydrogen-bond donors (Lipinski definition) is 2. The summed E-state index contributed by atoms with van der Waals surface area (Å²) in [6, 6.07) is 37.8. The SMILES string of the molecule is COC(=O)c1ccc2c(c1)N(Cc1ccc(OC)cc1)CC(C(=O)N(C)C)O2.COC(=O)c1ccc2c(c1)N(Cc1ccc(OC)cc1)CC(C(=O)O)O2.COc1ccc(CN2CC(C(=O)N(C)C)Oc3ccc(C(=O)CO)cc32)cc1. The minimum atomic E-state index is -1.03. The number of ether oxygens (including phenoxy) is 8. The van der Waals surface area contributed by atoms with Gasteiger partial charge in [-0.25, -0.2) is 14.4 Å². The average molecular weight is 1130 g/mol. The predicted molar refractivity (Wildman–Crippen MR) is 304 cm³/mol. The Balaban J connectivity index is 0.000000177. The second-order valence-electron chi connectivity index (χ2n) is 19.4. The molecule has 0 fully saturated rings. The Morgan fingerprint density at radius 3 is 1.06 bits per heavy atom. The van der Waals surface area contributed by atoms with E-state index in [0.29, 0.717) is 72.4 Å². The molecule has 9 rings (SSSR count). The van der Waals surface area contributed by atoms with Crippen LogP contribution in [0, 0.1) is 0 Å². The lowest BCUT2D eigenvalue weighted by Gasteiger charge is -2.36. The standard InChI is InChI=1S/2C21H24N2O5.C19H19NO6/c1-22(2)20(24)19-13-23(12-14-5-8-16(26-3)9-6-14)17-11-15(21(25)27-4)7-10-18(17)28-19;1-22(2)21(26)20-12-23(11-14-4-7-16(27-3)8-5-14)17-10-15(18(25)13-24)6-9-19(17)28-20;1-24-14-6-3-12(4-7-14)10-20-11-17(18(21)22)26-16-8-5-13(9-15(16)20)19(23)25-2/h5-11,19H,12-13H2,1-4H3;4-10,20,24H,11-13H2,1-3H3;3-9,17H,10-11H2,1-2H3,(H,21,22). The maximum absolute atomic E-state index is 12.5. The summed E-state index contributed by atoms with van der Waals surface area (Å²) in [5.41, 5.74) is 6.40. The highest BCUT2D eigenvalue weighted by atomic mass is 16.5. The van der Waals surface area contributed by atoms with Gasteiger partial charge in [-0.2, -0.15) is 0 Å². The molecule has 21 heteroatoms. The summed E-state index contributed by atoms with van der Waals surface area (Å²) >= 11 is 0. The number of likely N-dealkylation sites (N-methyl/N-ethyl adjacent to an activating group) is 2. The molecule has 0 saturated carbocycles. The van der Waals surface area contributed by atoms with E-state index in [1.54, 1.807) is 104 Å². The Labute approximate surface area is 475 Å². The Hall–Kier alpha value is -9.50. The molecule has 82 heavy (non-hydrogen) atoms. The third-order valence-electron chi connectivity index (χ3n) is 13.5. The maximum Gasteiger partial charge on any atom is 0.346 e. The predicted octanol–water partition coefficient (Wildman–Crippen LogP) is 6.40. The number of carboxylic acids is 1. The van der Waals surface area contributed by atoms with E-state index in [1.807, 2.05) is 87.5 Å². The van der Waals surface area contributed by atoms with Gasteiger partial charge in [0.25, 0.3) is 11.8 Å². The van der Waals surface area contributed by atoms with Crippen LogP contribution in [-0.4, -0.2) is 164 Å². The second kappa shape index (κ2) is 27.6. The van der Waals surface area contributed by atoms with Gasteiger partial charge in [-0.15, -0.1) is 0 Å². The molecule has 3 unspecified atom stereocenters. The molecular formula is C61H67N5O16. The largest absolute Gasteiger partial charge is 0.497 e. The number of nitrogens with zero attached hydrogens (tertiary/aromatic N) is 5. The molecular weight excluding hydrogens is 1060 g/mol. The zero-order chi connectivity index (χ0) is 59.2.